The summed E-state index contributed by atoms with van der Waals surface area (Å²) in [5.74, 6) is 2.05. The van der Waals surface area contributed by atoms with Crippen LogP contribution in [0.4, 0.5) is 11.6 Å². The minimum Gasteiger partial charge on any atom is -0.391 e. The molecule has 6 nitrogen and oxygen atoms in total. The topological polar surface area (TPSA) is 65.7 Å². The van der Waals surface area contributed by atoms with Gasteiger partial charge in [-0.3, -0.25) is 0 Å². The monoisotopic (exact) mass is 289 g/mol. The van der Waals surface area contributed by atoms with Gasteiger partial charge in [-0.15, -0.1) is 0 Å². The van der Waals surface area contributed by atoms with Gasteiger partial charge in [0.1, 0.15) is 5.82 Å². The molecule has 2 N–H and O–H groups in total. The number of anilines is 2. The van der Waals surface area contributed by atoms with E-state index in [2.05, 4.69) is 29.0 Å². The Hall–Kier alpha value is -1.82. The average Bonchev–Trinajstić information content (AvgIpc) is 2.95. The fourth-order valence-corrected chi connectivity index (χ4v) is 2.71. The fourth-order valence-electron chi connectivity index (χ4n) is 2.71. The number of hydrogen-bond acceptors (Lipinski definition) is 5. The van der Waals surface area contributed by atoms with E-state index in [4.69, 9.17) is 4.98 Å². The lowest BCUT2D eigenvalue weighted by Gasteiger charge is -2.35. The zero-order valence-electron chi connectivity index (χ0n) is 12.7. The van der Waals surface area contributed by atoms with Gasteiger partial charge in [0, 0.05) is 32.0 Å². The van der Waals surface area contributed by atoms with E-state index in [0.717, 1.165) is 43.2 Å². The molecule has 0 spiro atoms. The number of fused-ring (bicyclic) bond motifs is 1. The van der Waals surface area contributed by atoms with E-state index in [0.29, 0.717) is 12.5 Å². The minimum atomic E-state index is -0.303. The van der Waals surface area contributed by atoms with Crippen molar-refractivity contribution in [2.75, 3.05) is 29.9 Å². The van der Waals surface area contributed by atoms with Gasteiger partial charge in [-0.1, -0.05) is 13.8 Å². The second-order valence-electron chi connectivity index (χ2n) is 5.81. The lowest BCUT2D eigenvalue weighted by molar-refractivity contribution is 0.102. The highest BCUT2D eigenvalue weighted by molar-refractivity contribution is 5.67. The zero-order chi connectivity index (χ0) is 14.8. The molecule has 2 unspecified atom stereocenters. The van der Waals surface area contributed by atoms with Crippen LogP contribution in [-0.2, 0) is 0 Å². The first-order valence-corrected chi connectivity index (χ1v) is 7.69. The average molecular weight is 289 g/mol. The third kappa shape index (κ3) is 2.81. The third-order valence-corrected chi connectivity index (χ3v) is 4.13. The lowest BCUT2D eigenvalue weighted by Crippen LogP contribution is -2.43. The predicted octanol–water partition coefficient (Wildman–Crippen LogP) is 1.76. The summed E-state index contributed by atoms with van der Waals surface area (Å²) < 4.78 is 1.99. The number of imidazole rings is 1. The number of aliphatic hydroxyl groups is 1. The molecule has 0 aliphatic carbocycles. The number of piperidine rings is 1. The van der Waals surface area contributed by atoms with Crippen molar-refractivity contribution in [2.24, 2.45) is 5.92 Å². The Balaban J connectivity index is 1.94. The number of aliphatic hydroxyl groups excluding tert-OH is 1. The molecule has 0 amide bonds. The highest BCUT2D eigenvalue weighted by atomic mass is 16.3. The first kappa shape index (κ1) is 14.1. The maximum absolute atomic E-state index is 10.1. The molecule has 114 valence electrons. The van der Waals surface area contributed by atoms with E-state index < -0.39 is 0 Å². The molecule has 1 fully saturated rings. The molecule has 1 saturated heterocycles. The molecule has 0 aromatic carbocycles. The van der Waals surface area contributed by atoms with Crippen LogP contribution in [0.2, 0.25) is 0 Å². The van der Waals surface area contributed by atoms with Crippen molar-refractivity contribution in [1.29, 1.82) is 0 Å². The first-order chi connectivity index (χ1) is 10.2. The molecule has 3 heterocycles. The summed E-state index contributed by atoms with van der Waals surface area (Å²) in [7, 11) is 0. The van der Waals surface area contributed by atoms with Crippen molar-refractivity contribution in [3.63, 3.8) is 0 Å². The summed E-state index contributed by atoms with van der Waals surface area (Å²) in [5, 5.41) is 13.5. The summed E-state index contributed by atoms with van der Waals surface area (Å²) >= 11 is 0. The molecule has 2 aromatic rings. The molecule has 21 heavy (non-hydrogen) atoms. The highest BCUT2D eigenvalue weighted by Gasteiger charge is 2.26. The van der Waals surface area contributed by atoms with Crippen molar-refractivity contribution in [1.82, 2.24) is 14.4 Å². The predicted molar refractivity (Wildman–Crippen MR) is 83.8 cm³/mol. The SMILES string of the molecule is CCCNc1cn2ccnc2c(N2CCC(C)C(O)C2)n1. The van der Waals surface area contributed by atoms with Crippen LogP contribution in [0.25, 0.3) is 5.65 Å². The van der Waals surface area contributed by atoms with Gasteiger partial charge in [0.2, 0.25) is 0 Å². The Morgan fingerprint density at radius 2 is 2.33 bits per heavy atom. The number of nitrogens with zero attached hydrogens (tertiary/aromatic N) is 4. The van der Waals surface area contributed by atoms with Crippen LogP contribution < -0.4 is 10.2 Å². The number of rotatable bonds is 4. The molecule has 0 saturated carbocycles. The van der Waals surface area contributed by atoms with Gasteiger partial charge in [0.25, 0.3) is 0 Å². The number of β-amino-alcohol motifs (C(OH)–C–C–N with tert-alkyl or cyclic N) is 1. The standard InChI is InChI=1S/C15H23N5O/c1-3-5-16-13-10-20-8-6-17-14(20)15(18-13)19-7-4-11(2)12(21)9-19/h6,8,10-12,16,21H,3-5,7,9H2,1-2H3. The van der Waals surface area contributed by atoms with E-state index in [1.165, 1.54) is 0 Å². The molecule has 2 aromatic heterocycles. The third-order valence-electron chi connectivity index (χ3n) is 4.13. The second-order valence-corrected chi connectivity index (χ2v) is 5.81. The van der Waals surface area contributed by atoms with Gasteiger partial charge >= 0.3 is 0 Å². The summed E-state index contributed by atoms with van der Waals surface area (Å²) in [4.78, 5) is 11.3. The minimum absolute atomic E-state index is 0.303. The largest absolute Gasteiger partial charge is 0.391 e. The summed E-state index contributed by atoms with van der Waals surface area (Å²) in [6.07, 6.45) is 7.40. The van der Waals surface area contributed by atoms with E-state index in [1.807, 2.05) is 16.8 Å². The smallest absolute Gasteiger partial charge is 0.180 e. The van der Waals surface area contributed by atoms with E-state index in [9.17, 15) is 5.11 Å². The van der Waals surface area contributed by atoms with Crippen LogP contribution in [0, 0.1) is 5.92 Å². The van der Waals surface area contributed by atoms with Crippen molar-refractivity contribution < 1.29 is 5.11 Å². The lowest BCUT2D eigenvalue weighted by atomic mass is 9.96. The molecule has 0 radical (unpaired) electrons. The summed E-state index contributed by atoms with van der Waals surface area (Å²) in [6, 6.07) is 0. The number of nitrogens with one attached hydrogen (secondary N) is 1. The normalized spacial score (nSPS) is 22.7. The molecule has 1 aliphatic rings. The molecule has 1 aliphatic heterocycles. The fraction of sp³-hybridized carbons (Fsp3) is 0.600. The Morgan fingerprint density at radius 1 is 1.48 bits per heavy atom. The Labute approximate surface area is 124 Å². The van der Waals surface area contributed by atoms with Crippen molar-refractivity contribution in [3.8, 4) is 0 Å². The van der Waals surface area contributed by atoms with Crippen LogP contribution >= 0.6 is 0 Å². The zero-order valence-corrected chi connectivity index (χ0v) is 12.7. The van der Waals surface area contributed by atoms with Crippen molar-refractivity contribution in [3.05, 3.63) is 18.6 Å². The molecule has 0 bridgehead atoms. The highest BCUT2D eigenvalue weighted by Crippen LogP contribution is 2.26. The van der Waals surface area contributed by atoms with Crippen LogP contribution in [-0.4, -0.2) is 45.2 Å². The van der Waals surface area contributed by atoms with E-state index in [1.54, 1.807) is 6.20 Å². The van der Waals surface area contributed by atoms with Crippen LogP contribution in [0.3, 0.4) is 0 Å². The second kappa shape index (κ2) is 5.89. The first-order valence-electron chi connectivity index (χ1n) is 7.69. The number of aromatic nitrogens is 3. The van der Waals surface area contributed by atoms with E-state index >= 15 is 0 Å². The Bertz CT molecular complexity index is 611. The summed E-state index contributed by atoms with van der Waals surface area (Å²) in [6.45, 7) is 6.65. The molecular formula is C15H23N5O. The number of hydrogen-bond donors (Lipinski definition) is 2. The van der Waals surface area contributed by atoms with Crippen molar-refractivity contribution >= 4 is 17.3 Å². The Morgan fingerprint density at radius 3 is 3.10 bits per heavy atom. The van der Waals surface area contributed by atoms with Gasteiger partial charge in [-0.25, -0.2) is 9.97 Å². The molecule has 3 rings (SSSR count). The van der Waals surface area contributed by atoms with Crippen LogP contribution in [0.1, 0.15) is 26.7 Å². The molecule has 2 atom stereocenters. The van der Waals surface area contributed by atoms with Crippen LogP contribution in [0.15, 0.2) is 18.6 Å². The van der Waals surface area contributed by atoms with Gasteiger partial charge in [-0.05, 0) is 18.8 Å². The van der Waals surface area contributed by atoms with Gasteiger partial charge in [-0.2, -0.15) is 0 Å². The maximum atomic E-state index is 10.1. The Kier molecular flexibility index (Phi) is 3.96. The summed E-state index contributed by atoms with van der Waals surface area (Å²) in [5.41, 5.74) is 0.846. The molecule has 6 heteroatoms. The molecular weight excluding hydrogens is 266 g/mol. The van der Waals surface area contributed by atoms with Crippen LogP contribution in [0.5, 0.6) is 0 Å². The van der Waals surface area contributed by atoms with Gasteiger partial charge in [0.05, 0.1) is 12.3 Å². The van der Waals surface area contributed by atoms with E-state index in [-0.39, 0.29) is 6.10 Å². The maximum Gasteiger partial charge on any atom is 0.180 e. The van der Waals surface area contributed by atoms with Gasteiger partial charge < -0.3 is 19.7 Å². The quantitative estimate of drug-likeness (QED) is 0.898. The van der Waals surface area contributed by atoms with Crippen molar-refractivity contribution in [2.45, 2.75) is 32.8 Å². The van der Waals surface area contributed by atoms with Gasteiger partial charge in [0.15, 0.2) is 11.5 Å².